The Morgan fingerprint density at radius 2 is 1.54 bits per heavy atom. The molecule has 2 aliphatic rings. The van der Waals surface area contributed by atoms with Gasteiger partial charge in [-0.3, -0.25) is 9.78 Å². The number of carbonyl (C=O) groups excluding carboxylic acids is 1. The first-order valence-electron chi connectivity index (χ1n) is 20.5. The molecule has 0 spiro atoms. The van der Waals surface area contributed by atoms with E-state index in [-0.39, 0.29) is 49.9 Å². The maximum atomic E-state index is 13.4. The zero-order valence-electron chi connectivity index (χ0n) is 34.8. The second kappa shape index (κ2) is 19.4. The number of aliphatic hydroxyl groups is 1. The van der Waals surface area contributed by atoms with Crippen molar-refractivity contribution in [1.82, 2.24) is 15.0 Å². The number of benzene rings is 2. The Bertz CT molecular complexity index is 2040. The van der Waals surface area contributed by atoms with Crippen molar-refractivity contribution in [3.05, 3.63) is 101 Å². The van der Waals surface area contributed by atoms with Gasteiger partial charge in [0, 0.05) is 73.3 Å². The van der Waals surface area contributed by atoms with Crippen LogP contribution in [0.2, 0.25) is 0 Å². The van der Waals surface area contributed by atoms with Gasteiger partial charge >= 0.3 is 6.18 Å². The van der Waals surface area contributed by atoms with Crippen molar-refractivity contribution in [2.45, 2.75) is 137 Å². The fourth-order valence-electron chi connectivity index (χ4n) is 8.39. The summed E-state index contributed by atoms with van der Waals surface area (Å²) in [6.07, 6.45) is 13.7. The number of hydrogen-bond donors (Lipinski definition) is 1. The van der Waals surface area contributed by atoms with E-state index in [1.165, 1.54) is 75.4 Å². The zero-order valence-corrected chi connectivity index (χ0v) is 37.2. The van der Waals surface area contributed by atoms with E-state index in [4.69, 9.17) is 4.98 Å². The van der Waals surface area contributed by atoms with Gasteiger partial charge in [0.15, 0.2) is 11.6 Å². The Morgan fingerprint density at radius 1 is 0.930 bits per heavy atom. The van der Waals surface area contributed by atoms with Gasteiger partial charge in [-0.25, -0.2) is 9.97 Å². The number of carbonyl (C=O) groups is 1. The van der Waals surface area contributed by atoms with Gasteiger partial charge in [0.05, 0.1) is 11.2 Å². The van der Waals surface area contributed by atoms with Crippen molar-refractivity contribution in [3.63, 3.8) is 0 Å². The van der Waals surface area contributed by atoms with E-state index in [2.05, 4.69) is 66.3 Å². The van der Waals surface area contributed by atoms with Gasteiger partial charge in [0.1, 0.15) is 0 Å². The number of rotatable bonds is 12. The smallest absolute Gasteiger partial charge is 0.394 e. The first kappa shape index (κ1) is 46.0. The van der Waals surface area contributed by atoms with Crippen LogP contribution in [0.3, 0.4) is 0 Å². The molecule has 0 unspecified atom stereocenters. The Morgan fingerprint density at radius 3 is 2.14 bits per heavy atom. The van der Waals surface area contributed by atoms with Crippen LogP contribution in [-0.2, 0) is 36.7 Å². The molecule has 5 nitrogen and oxygen atoms in total. The Labute approximate surface area is 351 Å². The third-order valence-corrected chi connectivity index (χ3v) is 12.1. The Kier molecular flexibility index (Phi) is 15.6. The first-order chi connectivity index (χ1) is 26.6. The number of fused-ring (bicyclic) bond motifs is 2. The summed E-state index contributed by atoms with van der Waals surface area (Å²) >= 11 is 0. The second-order valence-electron chi connectivity index (χ2n) is 16.8. The molecule has 9 heteroatoms. The minimum Gasteiger partial charge on any atom is -0.512 e. The number of ketones is 1. The summed E-state index contributed by atoms with van der Waals surface area (Å²) in [5, 5.41) is 12.1. The molecular formula is C48H59F3IrN3O2-. The Balaban J connectivity index is 0.000000385. The molecule has 0 aliphatic heterocycles. The average molecular weight is 959 g/mol. The predicted molar refractivity (Wildman–Crippen MR) is 222 cm³/mol. The molecular weight excluding hydrogens is 900 g/mol. The number of aliphatic hydroxyl groups excluding tert-OH is 1. The molecule has 309 valence electrons. The molecule has 1 fully saturated rings. The van der Waals surface area contributed by atoms with E-state index in [9.17, 15) is 23.1 Å². The van der Waals surface area contributed by atoms with Crippen molar-refractivity contribution in [1.29, 1.82) is 0 Å². The second-order valence-corrected chi connectivity index (χ2v) is 16.8. The molecule has 6 rings (SSSR count). The molecule has 1 radical (unpaired) electrons. The van der Waals surface area contributed by atoms with Gasteiger partial charge in [-0.15, -0.1) is 29.1 Å². The molecule has 2 aromatic heterocycles. The maximum Gasteiger partial charge on any atom is 0.394 e. The minimum absolute atomic E-state index is 0. The SMILES string of the molecule is CC1(C)C(c2ncc(CC(C)(C)C(F)(F)F)cn2)=Cc2ccnc(-c3[c-]c4ccccc4c(C4CCCCC4)c3)c21.CCC(CC)C(=O)/C=C(\O)C(CC)CC.[Ir]. The van der Waals surface area contributed by atoms with Gasteiger partial charge in [-0.1, -0.05) is 104 Å². The summed E-state index contributed by atoms with van der Waals surface area (Å²) in [6, 6.07) is 16.5. The molecule has 0 bridgehead atoms. The predicted octanol–water partition coefficient (Wildman–Crippen LogP) is 13.4. The van der Waals surface area contributed by atoms with Crippen molar-refractivity contribution in [3.8, 4) is 11.3 Å². The van der Waals surface area contributed by atoms with Gasteiger partial charge in [-0.05, 0) is 79.7 Å². The monoisotopic (exact) mass is 959 g/mol. The Hall–Kier alpha value is -3.68. The van der Waals surface area contributed by atoms with Crippen LogP contribution in [0.1, 0.15) is 147 Å². The van der Waals surface area contributed by atoms with Crippen LogP contribution in [0.15, 0.2) is 66.8 Å². The summed E-state index contributed by atoms with van der Waals surface area (Å²) in [7, 11) is 0. The minimum atomic E-state index is -4.30. The molecule has 2 aliphatic carbocycles. The summed E-state index contributed by atoms with van der Waals surface area (Å²) in [5.74, 6) is 1.61. The topological polar surface area (TPSA) is 76.0 Å². The van der Waals surface area contributed by atoms with E-state index in [0.717, 1.165) is 59.0 Å². The zero-order chi connectivity index (χ0) is 40.8. The van der Waals surface area contributed by atoms with Gasteiger partial charge in [-0.2, -0.15) is 13.2 Å². The third kappa shape index (κ3) is 10.3. The van der Waals surface area contributed by atoms with Crippen molar-refractivity contribution < 1.29 is 43.2 Å². The first-order valence-corrected chi connectivity index (χ1v) is 20.5. The van der Waals surface area contributed by atoms with Gasteiger partial charge in [0.25, 0.3) is 0 Å². The van der Waals surface area contributed by atoms with Crippen LogP contribution in [0, 0.1) is 23.3 Å². The molecule has 0 saturated heterocycles. The van der Waals surface area contributed by atoms with Crippen molar-refractivity contribution >= 4 is 28.2 Å². The van der Waals surface area contributed by atoms with Crippen molar-refractivity contribution in [2.75, 3.05) is 0 Å². The van der Waals surface area contributed by atoms with E-state index < -0.39 is 17.0 Å². The number of alkyl halides is 3. The normalized spacial score (nSPS) is 15.9. The van der Waals surface area contributed by atoms with E-state index in [0.29, 0.717) is 17.3 Å². The van der Waals surface area contributed by atoms with Crippen molar-refractivity contribution in [2.24, 2.45) is 17.3 Å². The maximum absolute atomic E-state index is 13.4. The van der Waals surface area contributed by atoms with Crippen LogP contribution in [0.4, 0.5) is 13.2 Å². The standard InChI is InChI=1S/C35H35F3N3.C13H24O2.Ir/c1-33(2,35(36,37)38)19-22-20-40-32(41-21-22)29-18-25-14-15-39-31(30(25)34(29,3)4)26-16-24-12-8-9-13-27(24)28(17-26)23-10-6-5-7-11-23;1-5-10(6-2)12(14)9-13(15)11(7-3)8-4;/h8-9,12-15,17-18,20-21,23H,5-7,10-11,19H2,1-4H3;9-11,14H,5-8H2,1-4H3;/q-1;;/b;12-9-;. The fraction of sp³-hybridized carbons (Fsp3) is 0.500. The summed E-state index contributed by atoms with van der Waals surface area (Å²) in [6.45, 7) is 14.8. The van der Waals surface area contributed by atoms with Crippen LogP contribution < -0.4 is 0 Å². The van der Waals surface area contributed by atoms with E-state index in [1.54, 1.807) is 0 Å². The van der Waals surface area contributed by atoms with E-state index >= 15 is 0 Å². The largest absolute Gasteiger partial charge is 0.512 e. The number of halogens is 3. The summed E-state index contributed by atoms with van der Waals surface area (Å²) < 4.78 is 40.3. The van der Waals surface area contributed by atoms with E-state index in [1.807, 2.05) is 40.0 Å². The molecule has 0 amide bonds. The van der Waals surface area contributed by atoms with Crippen LogP contribution in [0.5, 0.6) is 0 Å². The fourth-order valence-corrected chi connectivity index (χ4v) is 8.39. The van der Waals surface area contributed by atoms with Gasteiger partial charge < -0.3 is 5.11 Å². The molecule has 2 aromatic carbocycles. The third-order valence-electron chi connectivity index (χ3n) is 12.1. The molecule has 57 heavy (non-hydrogen) atoms. The van der Waals surface area contributed by atoms with Crippen LogP contribution in [-0.4, -0.2) is 32.0 Å². The van der Waals surface area contributed by atoms with Crippen LogP contribution >= 0.6 is 0 Å². The molecule has 1 saturated carbocycles. The average Bonchev–Trinajstić information content (AvgIpc) is 3.45. The van der Waals surface area contributed by atoms with Crippen LogP contribution in [0.25, 0.3) is 33.7 Å². The summed E-state index contributed by atoms with van der Waals surface area (Å²) in [5.41, 5.74) is 4.52. The number of hydrogen-bond acceptors (Lipinski definition) is 5. The quantitative estimate of drug-likeness (QED) is 0.0870. The molecule has 0 atom stereocenters. The molecule has 1 N–H and O–H groups in total. The summed E-state index contributed by atoms with van der Waals surface area (Å²) in [4.78, 5) is 25.7. The number of pyridine rings is 1. The number of allylic oxidation sites excluding steroid dienone is 3. The van der Waals surface area contributed by atoms with Gasteiger partial charge in [0.2, 0.25) is 0 Å². The number of aromatic nitrogens is 3. The number of nitrogens with zero attached hydrogens (tertiary/aromatic N) is 3. The molecule has 4 aromatic rings. The molecule has 2 heterocycles.